The zero-order valence-corrected chi connectivity index (χ0v) is 13.4. The van der Waals surface area contributed by atoms with Crippen LogP contribution < -0.4 is 5.32 Å². The summed E-state index contributed by atoms with van der Waals surface area (Å²) in [6.45, 7) is 1.74. The third-order valence-corrected chi connectivity index (χ3v) is 4.19. The minimum absolute atomic E-state index is 0.0237. The lowest BCUT2D eigenvalue weighted by atomic mass is 10.1. The molecule has 0 bridgehead atoms. The van der Waals surface area contributed by atoms with Gasteiger partial charge in [0.25, 0.3) is 5.91 Å². The third-order valence-electron chi connectivity index (χ3n) is 3.39. The number of para-hydroxylation sites is 1. The molecule has 2 aromatic carbocycles. The van der Waals surface area contributed by atoms with Crippen molar-refractivity contribution in [3.8, 4) is 5.75 Å². The van der Waals surface area contributed by atoms with Crippen LogP contribution in [0.5, 0.6) is 5.75 Å². The lowest BCUT2D eigenvalue weighted by Gasteiger charge is -2.19. The van der Waals surface area contributed by atoms with Crippen molar-refractivity contribution in [3.63, 3.8) is 0 Å². The Labute approximate surface area is 132 Å². The van der Waals surface area contributed by atoms with E-state index in [4.69, 9.17) is 0 Å². The topological polar surface area (TPSA) is 66.4 Å². The molecule has 0 saturated heterocycles. The molecule has 0 radical (unpaired) electrons. The minimum Gasteiger partial charge on any atom is -0.507 e. The molecule has 0 saturated carbocycles. The summed E-state index contributed by atoms with van der Waals surface area (Å²) in [5.74, 6) is -0.0765. The van der Waals surface area contributed by atoms with Gasteiger partial charge in [0, 0.05) is 22.8 Å². The second-order valence-corrected chi connectivity index (χ2v) is 6.63. The van der Waals surface area contributed by atoms with Crippen LogP contribution in [0.2, 0.25) is 0 Å². The number of hydrogen-bond donors (Lipinski definition) is 2. The Hall–Kier alpha value is -2.14. The molecule has 0 aliphatic heterocycles. The molecule has 2 atom stereocenters. The smallest absolute Gasteiger partial charge is 0.255 e. The second-order valence-electron chi connectivity index (χ2n) is 5.15. The summed E-state index contributed by atoms with van der Waals surface area (Å²) in [5, 5.41) is 12.9. The fourth-order valence-corrected chi connectivity index (χ4v) is 2.96. The molecule has 22 heavy (non-hydrogen) atoms. The van der Waals surface area contributed by atoms with Crippen LogP contribution in [0.1, 0.15) is 27.5 Å². The molecule has 0 heterocycles. The largest absolute Gasteiger partial charge is 0.507 e. The molecular weight excluding hydrogens is 298 g/mol. The number of nitrogens with one attached hydrogen (secondary N) is 1. The van der Waals surface area contributed by atoms with Crippen LogP contribution in [0.15, 0.2) is 48.5 Å². The van der Waals surface area contributed by atoms with Crippen molar-refractivity contribution in [1.29, 1.82) is 0 Å². The van der Waals surface area contributed by atoms with Crippen molar-refractivity contribution in [1.82, 2.24) is 5.32 Å². The predicted molar refractivity (Wildman–Crippen MR) is 88.4 cm³/mol. The van der Waals surface area contributed by atoms with E-state index in [1.54, 1.807) is 31.4 Å². The minimum atomic E-state index is -1.06. The van der Waals surface area contributed by atoms with Gasteiger partial charge >= 0.3 is 0 Å². The normalized spacial score (nSPS) is 13.4. The van der Waals surface area contributed by atoms with Crippen LogP contribution in [0.3, 0.4) is 0 Å². The van der Waals surface area contributed by atoms with E-state index in [-0.39, 0.29) is 23.3 Å². The summed E-state index contributed by atoms with van der Waals surface area (Å²) in [5.41, 5.74) is 1.75. The molecule has 116 valence electrons. The first-order chi connectivity index (χ1) is 10.5. The van der Waals surface area contributed by atoms with E-state index in [2.05, 4.69) is 5.32 Å². The Balaban J connectivity index is 2.25. The lowest BCUT2D eigenvalue weighted by Crippen LogP contribution is -2.32. The number of carbonyl (C=O) groups is 1. The highest BCUT2D eigenvalue weighted by molar-refractivity contribution is 7.84. The third kappa shape index (κ3) is 3.95. The Morgan fingerprint density at radius 1 is 1.18 bits per heavy atom. The zero-order chi connectivity index (χ0) is 16.1. The summed E-state index contributed by atoms with van der Waals surface area (Å²) >= 11 is 0. The fraction of sp³-hybridized carbons (Fsp3) is 0.235. The van der Waals surface area contributed by atoms with Crippen LogP contribution in [-0.4, -0.2) is 27.2 Å². The van der Waals surface area contributed by atoms with Gasteiger partial charge in [-0.25, -0.2) is 0 Å². The number of aryl methyl sites for hydroxylation is 1. The van der Waals surface area contributed by atoms with Gasteiger partial charge in [-0.2, -0.15) is 0 Å². The number of rotatable bonds is 5. The Kier molecular flexibility index (Phi) is 5.33. The molecular formula is C17H19NO3S. The first-order valence-electron chi connectivity index (χ1n) is 6.93. The Morgan fingerprint density at radius 2 is 1.86 bits per heavy atom. The van der Waals surface area contributed by atoms with Crippen LogP contribution in [0, 0.1) is 6.92 Å². The molecule has 2 rings (SSSR count). The van der Waals surface area contributed by atoms with Gasteiger partial charge in [-0.05, 0) is 24.1 Å². The molecule has 4 nitrogen and oxygen atoms in total. The van der Waals surface area contributed by atoms with E-state index in [1.165, 1.54) is 0 Å². The number of phenols is 1. The number of benzene rings is 2. The lowest BCUT2D eigenvalue weighted by molar-refractivity contribution is 0.0937. The summed E-state index contributed by atoms with van der Waals surface area (Å²) in [7, 11) is -1.06. The molecule has 1 amide bonds. The van der Waals surface area contributed by atoms with Crippen molar-refractivity contribution in [3.05, 3.63) is 65.2 Å². The number of carbonyl (C=O) groups excluding carboxylic acids is 1. The van der Waals surface area contributed by atoms with Crippen molar-refractivity contribution in [2.24, 2.45) is 0 Å². The molecule has 0 aliphatic rings. The van der Waals surface area contributed by atoms with Crippen molar-refractivity contribution in [2.45, 2.75) is 13.0 Å². The number of aromatic hydroxyl groups is 1. The first kappa shape index (κ1) is 16.2. The number of hydrogen-bond acceptors (Lipinski definition) is 3. The van der Waals surface area contributed by atoms with Crippen molar-refractivity contribution >= 4 is 16.7 Å². The predicted octanol–water partition coefficient (Wildman–Crippen LogP) is 2.55. The standard InChI is InChI=1S/C17H19NO3S/c1-12-7-6-10-14(16(12)19)17(20)18-15(11-22(2)21)13-8-4-3-5-9-13/h3-10,15,19H,11H2,1-2H3,(H,18,20)/t15-,22-/m1/s1. The van der Waals surface area contributed by atoms with Gasteiger partial charge in [0.15, 0.2) is 0 Å². The van der Waals surface area contributed by atoms with Crippen LogP contribution in [0.4, 0.5) is 0 Å². The van der Waals surface area contributed by atoms with Crippen LogP contribution in [-0.2, 0) is 10.8 Å². The first-order valence-corrected chi connectivity index (χ1v) is 8.66. The summed E-state index contributed by atoms with van der Waals surface area (Å²) < 4.78 is 11.6. The molecule has 2 aromatic rings. The molecule has 2 N–H and O–H groups in total. The van der Waals surface area contributed by atoms with Gasteiger partial charge in [0.1, 0.15) is 5.75 Å². The second kappa shape index (κ2) is 7.22. The molecule has 0 aliphatic carbocycles. The molecule has 5 heteroatoms. The highest BCUT2D eigenvalue weighted by Crippen LogP contribution is 2.22. The SMILES string of the molecule is Cc1cccc(C(=O)N[C@H](C[S@@](C)=O)c2ccccc2)c1O. The van der Waals surface area contributed by atoms with E-state index in [1.807, 2.05) is 30.3 Å². The zero-order valence-electron chi connectivity index (χ0n) is 12.6. The molecule has 0 unspecified atom stereocenters. The molecule has 0 spiro atoms. The van der Waals surface area contributed by atoms with Gasteiger partial charge < -0.3 is 10.4 Å². The van der Waals surface area contributed by atoms with Crippen LogP contribution in [0.25, 0.3) is 0 Å². The fourth-order valence-electron chi connectivity index (χ4n) is 2.22. The average Bonchev–Trinajstić information content (AvgIpc) is 2.49. The van der Waals surface area contributed by atoms with E-state index >= 15 is 0 Å². The van der Waals surface area contributed by atoms with Crippen molar-refractivity contribution < 1.29 is 14.1 Å². The Morgan fingerprint density at radius 3 is 2.50 bits per heavy atom. The summed E-state index contributed by atoms with van der Waals surface area (Å²) in [4.78, 5) is 12.4. The van der Waals surface area contributed by atoms with Crippen LogP contribution >= 0.6 is 0 Å². The van der Waals surface area contributed by atoms with Crippen molar-refractivity contribution in [2.75, 3.05) is 12.0 Å². The maximum atomic E-state index is 12.4. The van der Waals surface area contributed by atoms with Gasteiger partial charge in [-0.1, -0.05) is 42.5 Å². The summed E-state index contributed by atoms with van der Waals surface area (Å²) in [6.07, 6.45) is 1.60. The monoisotopic (exact) mass is 317 g/mol. The van der Waals surface area contributed by atoms with E-state index in [0.717, 1.165) is 5.56 Å². The van der Waals surface area contributed by atoms with Gasteiger partial charge in [0.05, 0.1) is 11.6 Å². The number of phenolic OH excluding ortho intramolecular Hbond substituents is 1. The highest BCUT2D eigenvalue weighted by atomic mass is 32.2. The Bertz CT molecular complexity index is 686. The maximum Gasteiger partial charge on any atom is 0.255 e. The van der Waals surface area contributed by atoms with Gasteiger partial charge in [-0.3, -0.25) is 9.00 Å². The molecule has 0 aromatic heterocycles. The number of amides is 1. The molecule has 0 fully saturated rings. The summed E-state index contributed by atoms with van der Waals surface area (Å²) in [6, 6.07) is 14.1. The van der Waals surface area contributed by atoms with Gasteiger partial charge in [0.2, 0.25) is 0 Å². The average molecular weight is 317 g/mol. The van der Waals surface area contributed by atoms with E-state index in [0.29, 0.717) is 11.3 Å². The quantitative estimate of drug-likeness (QED) is 0.890. The van der Waals surface area contributed by atoms with Gasteiger partial charge in [-0.15, -0.1) is 0 Å². The van der Waals surface area contributed by atoms with E-state index in [9.17, 15) is 14.1 Å². The maximum absolute atomic E-state index is 12.4. The highest BCUT2D eigenvalue weighted by Gasteiger charge is 2.19. The van der Waals surface area contributed by atoms with E-state index < -0.39 is 10.8 Å².